The second-order valence-corrected chi connectivity index (χ2v) is 8.30. The number of nitrogens with one attached hydrogen (secondary N) is 1. The largest absolute Gasteiger partial charge is 0.493 e. The number of methoxy groups -OCH3 is 2. The van der Waals surface area contributed by atoms with Crippen LogP contribution in [-0.2, 0) is 5.54 Å². The van der Waals surface area contributed by atoms with Gasteiger partial charge in [0, 0.05) is 19.6 Å². The fourth-order valence-corrected chi connectivity index (χ4v) is 4.51. The van der Waals surface area contributed by atoms with Crippen molar-refractivity contribution in [3.05, 3.63) is 95.1 Å². The van der Waals surface area contributed by atoms with Gasteiger partial charge in [-0.2, -0.15) is 0 Å². The fourth-order valence-electron chi connectivity index (χ4n) is 4.51. The summed E-state index contributed by atoms with van der Waals surface area (Å²) >= 11 is 0. The zero-order valence-electron chi connectivity index (χ0n) is 19.4. The summed E-state index contributed by atoms with van der Waals surface area (Å²) in [7, 11) is 3.25. The van der Waals surface area contributed by atoms with Gasteiger partial charge in [0.1, 0.15) is 11.6 Å². The average Bonchev–Trinajstić information content (AvgIpc) is 2.81. The number of rotatable bonds is 6. The van der Waals surface area contributed by atoms with Crippen LogP contribution >= 0.6 is 24.8 Å². The quantitative estimate of drug-likeness (QED) is 0.458. The normalized spacial score (nSPS) is 18.1. The van der Waals surface area contributed by atoms with Crippen molar-refractivity contribution in [1.82, 2.24) is 10.2 Å². The van der Waals surface area contributed by atoms with Crippen molar-refractivity contribution in [3.8, 4) is 11.5 Å². The van der Waals surface area contributed by atoms with E-state index in [2.05, 4.69) is 17.1 Å². The Balaban J connectivity index is 0.00000204. The summed E-state index contributed by atoms with van der Waals surface area (Å²) in [4.78, 5) is 2.35. The predicted octanol–water partition coefficient (Wildman–Crippen LogP) is 5.74. The van der Waals surface area contributed by atoms with Gasteiger partial charge in [-0.3, -0.25) is 4.90 Å². The maximum atomic E-state index is 13.6. The molecule has 0 aliphatic carbocycles. The molecule has 1 fully saturated rings. The Bertz CT molecular complexity index is 1020. The molecule has 1 N–H and O–H groups in total. The highest BCUT2D eigenvalue weighted by Gasteiger charge is 2.36. The van der Waals surface area contributed by atoms with Crippen molar-refractivity contribution in [3.63, 3.8) is 0 Å². The van der Waals surface area contributed by atoms with Gasteiger partial charge in [0.15, 0.2) is 11.5 Å². The molecule has 34 heavy (non-hydrogen) atoms. The minimum atomic E-state index is -0.351. The van der Waals surface area contributed by atoms with E-state index in [0.29, 0.717) is 18.0 Å². The summed E-state index contributed by atoms with van der Waals surface area (Å²) in [5.74, 6) is 0.811. The van der Waals surface area contributed by atoms with Gasteiger partial charge in [-0.15, -0.1) is 24.8 Å². The number of hydrogen-bond acceptors (Lipinski definition) is 4. The number of ether oxygens (including phenoxy) is 2. The topological polar surface area (TPSA) is 33.7 Å². The molecule has 1 unspecified atom stereocenters. The minimum Gasteiger partial charge on any atom is -0.493 e. The summed E-state index contributed by atoms with van der Waals surface area (Å²) in [5, 5.41) is 3.65. The van der Waals surface area contributed by atoms with Crippen LogP contribution in [0, 0.1) is 11.6 Å². The zero-order valence-corrected chi connectivity index (χ0v) is 21.0. The monoisotopic (exact) mass is 510 g/mol. The molecule has 184 valence electrons. The van der Waals surface area contributed by atoms with Crippen LogP contribution in [0.1, 0.15) is 29.7 Å². The second-order valence-electron chi connectivity index (χ2n) is 8.30. The van der Waals surface area contributed by atoms with Crippen molar-refractivity contribution in [1.29, 1.82) is 0 Å². The third-order valence-corrected chi connectivity index (χ3v) is 6.19. The third kappa shape index (κ3) is 5.81. The van der Waals surface area contributed by atoms with Crippen LogP contribution in [0.25, 0.3) is 0 Å². The molecular weight excluding hydrogens is 481 g/mol. The second kappa shape index (κ2) is 11.8. The summed E-state index contributed by atoms with van der Waals surface area (Å²) in [6, 6.07) is 18.9. The Morgan fingerprint density at radius 2 is 1.35 bits per heavy atom. The molecule has 4 rings (SSSR count). The first-order valence-corrected chi connectivity index (χ1v) is 10.7. The van der Waals surface area contributed by atoms with Crippen molar-refractivity contribution in [2.45, 2.75) is 18.5 Å². The van der Waals surface area contributed by atoms with Crippen LogP contribution in [0.5, 0.6) is 11.5 Å². The molecule has 0 aromatic heterocycles. The molecule has 0 radical (unpaired) electrons. The Morgan fingerprint density at radius 1 is 0.824 bits per heavy atom. The van der Waals surface area contributed by atoms with Gasteiger partial charge >= 0.3 is 0 Å². The molecule has 1 aliphatic heterocycles. The molecule has 8 heteroatoms. The number of piperazine rings is 1. The van der Waals surface area contributed by atoms with E-state index in [1.54, 1.807) is 38.5 Å². The highest BCUT2D eigenvalue weighted by atomic mass is 35.5. The molecule has 1 heterocycles. The Labute approximate surface area is 212 Å². The van der Waals surface area contributed by atoms with E-state index in [-0.39, 0.29) is 48.0 Å². The summed E-state index contributed by atoms with van der Waals surface area (Å²) in [6.45, 7) is 4.42. The first-order chi connectivity index (χ1) is 15.4. The van der Waals surface area contributed by atoms with Gasteiger partial charge in [0.05, 0.1) is 25.8 Å². The molecule has 0 bridgehead atoms. The molecule has 4 nitrogen and oxygen atoms in total. The van der Waals surface area contributed by atoms with Gasteiger partial charge in [-0.05, 0) is 60.0 Å². The molecule has 0 spiro atoms. The van der Waals surface area contributed by atoms with Crippen LogP contribution in [-0.4, -0.2) is 38.8 Å². The average molecular weight is 511 g/mol. The minimum absolute atomic E-state index is 0. The van der Waals surface area contributed by atoms with Crippen molar-refractivity contribution in [2.24, 2.45) is 0 Å². The smallest absolute Gasteiger partial charge is 0.161 e. The molecular formula is C26H30Cl2F2N2O2. The van der Waals surface area contributed by atoms with E-state index in [9.17, 15) is 8.78 Å². The van der Waals surface area contributed by atoms with Crippen LogP contribution in [0.3, 0.4) is 0 Å². The fraction of sp³-hybridized carbons (Fsp3) is 0.308. The number of benzene rings is 3. The van der Waals surface area contributed by atoms with Gasteiger partial charge in [-0.25, -0.2) is 8.78 Å². The third-order valence-electron chi connectivity index (χ3n) is 6.19. The maximum Gasteiger partial charge on any atom is 0.161 e. The van der Waals surface area contributed by atoms with E-state index < -0.39 is 0 Å². The molecule has 1 atom stereocenters. The lowest BCUT2D eigenvalue weighted by Gasteiger charge is -2.45. The maximum absolute atomic E-state index is 13.6. The molecule has 1 saturated heterocycles. The van der Waals surface area contributed by atoms with Crippen molar-refractivity contribution in [2.75, 3.05) is 33.9 Å². The van der Waals surface area contributed by atoms with Crippen LogP contribution in [0.4, 0.5) is 8.78 Å². The van der Waals surface area contributed by atoms with Gasteiger partial charge in [0.2, 0.25) is 0 Å². The molecule has 0 saturated carbocycles. The highest BCUT2D eigenvalue weighted by molar-refractivity contribution is 5.85. The van der Waals surface area contributed by atoms with E-state index in [0.717, 1.165) is 29.8 Å². The lowest BCUT2D eigenvalue weighted by Crippen LogP contribution is -2.57. The summed E-state index contributed by atoms with van der Waals surface area (Å²) in [6.07, 6.45) is 0. The van der Waals surface area contributed by atoms with Crippen LogP contribution < -0.4 is 14.8 Å². The molecule has 3 aromatic rings. The molecule has 0 amide bonds. The summed E-state index contributed by atoms with van der Waals surface area (Å²) < 4.78 is 38.2. The lowest BCUT2D eigenvalue weighted by molar-refractivity contribution is 0.114. The number of hydrogen-bond donors (Lipinski definition) is 1. The highest BCUT2D eigenvalue weighted by Crippen LogP contribution is 2.37. The van der Waals surface area contributed by atoms with Crippen molar-refractivity contribution >= 4 is 24.8 Å². The van der Waals surface area contributed by atoms with E-state index in [1.165, 1.54) is 24.3 Å². The van der Waals surface area contributed by atoms with Crippen molar-refractivity contribution < 1.29 is 18.3 Å². The first kappa shape index (κ1) is 27.9. The lowest BCUT2D eigenvalue weighted by atomic mass is 9.87. The van der Waals surface area contributed by atoms with Gasteiger partial charge in [-0.1, -0.05) is 30.3 Å². The zero-order chi connectivity index (χ0) is 22.7. The SMILES string of the molecule is COc1ccc(C2(C)CN(C(c3ccc(F)cc3)c3ccc(F)cc3)CCN2)cc1OC.Cl.Cl. The number of nitrogens with zero attached hydrogens (tertiary/aromatic N) is 1. The van der Waals surface area contributed by atoms with E-state index in [1.807, 2.05) is 18.2 Å². The van der Waals surface area contributed by atoms with Crippen LogP contribution in [0.2, 0.25) is 0 Å². The van der Waals surface area contributed by atoms with Gasteiger partial charge in [0.25, 0.3) is 0 Å². The Morgan fingerprint density at radius 3 is 1.85 bits per heavy atom. The van der Waals surface area contributed by atoms with Gasteiger partial charge < -0.3 is 14.8 Å². The predicted molar refractivity (Wildman–Crippen MR) is 136 cm³/mol. The Kier molecular flexibility index (Phi) is 9.71. The van der Waals surface area contributed by atoms with Crippen LogP contribution in [0.15, 0.2) is 66.7 Å². The summed E-state index contributed by atoms with van der Waals surface area (Å²) in [5.41, 5.74) is 2.66. The van der Waals surface area contributed by atoms with E-state index >= 15 is 0 Å². The Hall–Kier alpha value is -2.38. The standard InChI is InChI=1S/C26H28F2N2O2.2ClH/c1-26(20-8-13-23(31-2)24(16-20)32-3)17-30(15-14-29-26)25(18-4-9-21(27)10-5-18)19-6-11-22(28)12-7-19;;/h4-13,16,25,29H,14-15,17H2,1-3H3;2*1H. The molecule has 1 aliphatic rings. The first-order valence-electron chi connectivity index (χ1n) is 10.7. The number of halogens is 4. The van der Waals surface area contributed by atoms with E-state index in [4.69, 9.17) is 9.47 Å². The molecule has 3 aromatic carbocycles.